The number of thioether (sulfide) groups is 1. The Bertz CT molecular complexity index is 446. The second-order valence-corrected chi connectivity index (χ2v) is 6.49. The summed E-state index contributed by atoms with van der Waals surface area (Å²) in [7, 11) is -0.324. The third-order valence-electron chi connectivity index (χ3n) is 3.94. The Morgan fingerprint density at radius 2 is 1.67 bits per heavy atom. The Labute approximate surface area is 114 Å². The quantitative estimate of drug-likeness (QED) is 0.607. The minimum atomic E-state index is -0.324. The van der Waals surface area contributed by atoms with Crippen molar-refractivity contribution in [1.29, 1.82) is 0 Å². The molecule has 98 valence electrons. The van der Waals surface area contributed by atoms with E-state index in [1.54, 1.807) is 11.8 Å². The summed E-state index contributed by atoms with van der Waals surface area (Å²) >= 11 is 1.69. The Kier molecular flexibility index (Phi) is 3.51. The van der Waals surface area contributed by atoms with Crippen LogP contribution < -0.4 is 5.46 Å². The summed E-state index contributed by atoms with van der Waals surface area (Å²) in [4.78, 5) is 5.44. The molecular weight excluding hydrogens is 245 g/mol. The van der Waals surface area contributed by atoms with E-state index in [1.807, 2.05) is 12.4 Å². The molecule has 1 aromatic rings. The van der Waals surface area contributed by atoms with Gasteiger partial charge < -0.3 is 9.31 Å². The SMILES string of the molecule is CSc1cncc(B2OC(C)(C)C(C)(C)O2)c1C. The van der Waals surface area contributed by atoms with E-state index >= 15 is 0 Å². The summed E-state index contributed by atoms with van der Waals surface area (Å²) < 4.78 is 12.1. The molecule has 0 N–H and O–H groups in total. The lowest BCUT2D eigenvalue weighted by Gasteiger charge is -2.32. The van der Waals surface area contributed by atoms with Gasteiger partial charge in [-0.25, -0.2) is 0 Å². The summed E-state index contributed by atoms with van der Waals surface area (Å²) in [5.74, 6) is 0. The van der Waals surface area contributed by atoms with Gasteiger partial charge in [0.1, 0.15) is 0 Å². The van der Waals surface area contributed by atoms with Crippen molar-refractivity contribution in [2.75, 3.05) is 6.26 Å². The second kappa shape index (κ2) is 4.55. The number of nitrogens with zero attached hydrogens (tertiary/aromatic N) is 1. The lowest BCUT2D eigenvalue weighted by Crippen LogP contribution is -2.41. The van der Waals surface area contributed by atoms with Crippen LogP contribution in [0.25, 0.3) is 0 Å². The summed E-state index contributed by atoms with van der Waals surface area (Å²) in [6.45, 7) is 10.3. The van der Waals surface area contributed by atoms with Crippen molar-refractivity contribution in [3.05, 3.63) is 18.0 Å². The molecule has 5 heteroatoms. The molecule has 1 aliphatic rings. The van der Waals surface area contributed by atoms with Crippen LogP contribution in [0, 0.1) is 6.92 Å². The number of pyridine rings is 1. The van der Waals surface area contributed by atoms with Crippen LogP contribution in [0.3, 0.4) is 0 Å². The highest BCUT2D eigenvalue weighted by Gasteiger charge is 2.52. The molecule has 1 aromatic heterocycles. The van der Waals surface area contributed by atoms with Crippen molar-refractivity contribution in [2.24, 2.45) is 0 Å². The molecule has 1 aliphatic heterocycles. The Balaban J connectivity index is 2.35. The van der Waals surface area contributed by atoms with E-state index < -0.39 is 0 Å². The van der Waals surface area contributed by atoms with E-state index in [4.69, 9.17) is 9.31 Å². The molecule has 1 saturated heterocycles. The van der Waals surface area contributed by atoms with Gasteiger partial charge >= 0.3 is 7.12 Å². The highest BCUT2D eigenvalue weighted by molar-refractivity contribution is 7.98. The van der Waals surface area contributed by atoms with Crippen molar-refractivity contribution in [1.82, 2.24) is 4.98 Å². The zero-order valence-corrected chi connectivity index (χ0v) is 12.7. The first kappa shape index (κ1) is 13.9. The van der Waals surface area contributed by atoms with E-state index in [1.165, 1.54) is 10.5 Å². The molecule has 0 amide bonds. The van der Waals surface area contributed by atoms with Crippen LogP contribution in [0.5, 0.6) is 0 Å². The fraction of sp³-hybridized carbons (Fsp3) is 0.615. The minimum absolute atomic E-state index is 0.306. The summed E-state index contributed by atoms with van der Waals surface area (Å²) in [6, 6.07) is 0. The fourth-order valence-corrected chi connectivity index (χ4v) is 2.52. The van der Waals surface area contributed by atoms with Crippen molar-refractivity contribution in [3.8, 4) is 0 Å². The van der Waals surface area contributed by atoms with E-state index in [9.17, 15) is 0 Å². The molecule has 0 bridgehead atoms. The van der Waals surface area contributed by atoms with Crippen molar-refractivity contribution in [2.45, 2.75) is 50.7 Å². The first-order chi connectivity index (χ1) is 8.28. The van der Waals surface area contributed by atoms with Crippen molar-refractivity contribution < 1.29 is 9.31 Å². The number of hydrogen-bond donors (Lipinski definition) is 0. The van der Waals surface area contributed by atoms with Crippen molar-refractivity contribution >= 4 is 24.3 Å². The van der Waals surface area contributed by atoms with Crippen LogP contribution >= 0.6 is 11.8 Å². The average molecular weight is 265 g/mol. The molecule has 0 unspecified atom stereocenters. The molecule has 0 saturated carbocycles. The zero-order valence-electron chi connectivity index (χ0n) is 11.9. The summed E-state index contributed by atoms with van der Waals surface area (Å²) in [5, 5.41) is 0. The van der Waals surface area contributed by atoms with Crippen LogP contribution in [-0.4, -0.2) is 29.6 Å². The van der Waals surface area contributed by atoms with Gasteiger partial charge in [-0.1, -0.05) is 0 Å². The van der Waals surface area contributed by atoms with Crippen LogP contribution in [0.15, 0.2) is 17.3 Å². The molecular formula is C13H20BNO2S. The van der Waals surface area contributed by atoms with Gasteiger partial charge in [0.15, 0.2) is 0 Å². The highest BCUT2D eigenvalue weighted by Crippen LogP contribution is 2.36. The number of rotatable bonds is 2. The molecule has 1 fully saturated rings. The van der Waals surface area contributed by atoms with E-state index in [-0.39, 0.29) is 18.3 Å². The summed E-state index contributed by atoms with van der Waals surface area (Å²) in [5.41, 5.74) is 1.61. The molecule has 2 heterocycles. The van der Waals surface area contributed by atoms with Gasteiger partial charge in [-0.3, -0.25) is 4.98 Å². The van der Waals surface area contributed by atoms with Crippen LogP contribution in [0.2, 0.25) is 0 Å². The lowest BCUT2D eigenvalue weighted by molar-refractivity contribution is 0.00578. The van der Waals surface area contributed by atoms with Gasteiger partial charge in [-0.2, -0.15) is 0 Å². The topological polar surface area (TPSA) is 31.4 Å². The maximum Gasteiger partial charge on any atom is 0.496 e. The molecule has 0 radical (unpaired) electrons. The maximum absolute atomic E-state index is 6.06. The van der Waals surface area contributed by atoms with E-state index in [0.29, 0.717) is 0 Å². The fourth-order valence-electron chi connectivity index (χ4n) is 1.93. The molecule has 0 aliphatic carbocycles. The van der Waals surface area contributed by atoms with Crippen LogP contribution in [0.4, 0.5) is 0 Å². The molecule has 0 aromatic carbocycles. The predicted octanol–water partition coefficient (Wildman–Crippen LogP) is 2.41. The van der Waals surface area contributed by atoms with Gasteiger partial charge in [0.05, 0.1) is 11.2 Å². The maximum atomic E-state index is 6.06. The molecule has 2 rings (SSSR count). The molecule has 3 nitrogen and oxygen atoms in total. The first-order valence-electron chi connectivity index (χ1n) is 6.12. The third-order valence-corrected chi connectivity index (χ3v) is 4.79. The van der Waals surface area contributed by atoms with Gasteiger partial charge in [-0.15, -0.1) is 11.8 Å². The van der Waals surface area contributed by atoms with Crippen LogP contribution in [-0.2, 0) is 9.31 Å². The summed E-state index contributed by atoms with van der Waals surface area (Å²) in [6.07, 6.45) is 5.78. The number of hydrogen-bond acceptors (Lipinski definition) is 4. The van der Waals surface area contributed by atoms with Gasteiger partial charge in [0.25, 0.3) is 0 Å². The molecule has 0 atom stereocenters. The normalized spacial score (nSPS) is 21.3. The Hall–Kier alpha value is -0.515. The monoisotopic (exact) mass is 265 g/mol. The van der Waals surface area contributed by atoms with Gasteiger partial charge in [-0.05, 0) is 46.4 Å². The third kappa shape index (κ3) is 2.19. The lowest BCUT2D eigenvalue weighted by atomic mass is 9.77. The number of aromatic nitrogens is 1. The largest absolute Gasteiger partial charge is 0.496 e. The predicted molar refractivity (Wildman–Crippen MR) is 76.5 cm³/mol. The smallest absolute Gasteiger partial charge is 0.399 e. The first-order valence-corrected chi connectivity index (χ1v) is 7.35. The average Bonchev–Trinajstić information content (AvgIpc) is 2.48. The highest BCUT2D eigenvalue weighted by atomic mass is 32.2. The molecule has 18 heavy (non-hydrogen) atoms. The van der Waals surface area contributed by atoms with E-state index in [0.717, 1.165) is 5.46 Å². The second-order valence-electron chi connectivity index (χ2n) is 5.64. The zero-order chi connectivity index (χ0) is 13.6. The van der Waals surface area contributed by atoms with Gasteiger partial charge in [0.2, 0.25) is 0 Å². The van der Waals surface area contributed by atoms with Crippen LogP contribution in [0.1, 0.15) is 33.3 Å². The Morgan fingerprint density at radius 1 is 1.11 bits per heavy atom. The van der Waals surface area contributed by atoms with E-state index in [2.05, 4.69) is 45.9 Å². The standard InChI is InChI=1S/C13H20BNO2S/c1-9-10(7-15-8-11(9)18-6)14-16-12(2,3)13(4,5)17-14/h7-8H,1-6H3. The minimum Gasteiger partial charge on any atom is -0.399 e. The molecule has 0 spiro atoms. The Morgan fingerprint density at radius 3 is 2.17 bits per heavy atom. The van der Waals surface area contributed by atoms with Crippen molar-refractivity contribution in [3.63, 3.8) is 0 Å². The van der Waals surface area contributed by atoms with Gasteiger partial charge in [0, 0.05) is 22.8 Å².